The van der Waals surface area contributed by atoms with Gasteiger partial charge in [-0.15, -0.1) is 0 Å². The van der Waals surface area contributed by atoms with E-state index in [-0.39, 0.29) is 87.1 Å². The smallest absolute Gasteiger partial charge is 0.872 e. The van der Waals surface area contributed by atoms with Gasteiger partial charge in [-0.2, -0.15) is 23.4 Å². The van der Waals surface area contributed by atoms with Gasteiger partial charge in [-0.25, -0.2) is 8.42 Å². The zero-order chi connectivity index (χ0) is 25.5. The van der Waals surface area contributed by atoms with Crippen molar-refractivity contribution in [2.24, 2.45) is 0 Å². The number of nitrogens with one attached hydrogen (secondary N) is 1. The fourth-order valence-electron chi connectivity index (χ4n) is 3.15. The maximum Gasteiger partial charge on any atom is 1.00 e. The van der Waals surface area contributed by atoms with Crippen molar-refractivity contribution in [1.29, 1.82) is 0 Å². The predicted octanol–water partition coefficient (Wildman–Crippen LogP) is -3.58. The molecule has 182 valence electrons. The average molecular weight is 582 g/mol. The minimum atomic E-state index is -4.59. The molecule has 0 aliphatic heterocycles. The number of halogens is 1. The Bertz CT molecular complexity index is 1680. The summed E-state index contributed by atoms with van der Waals surface area (Å²) in [6, 6.07) is 11.5. The van der Waals surface area contributed by atoms with E-state index in [1.54, 1.807) is 13.1 Å². The van der Waals surface area contributed by atoms with Crippen LogP contribution in [0.4, 0.5) is 23.3 Å². The normalized spacial score (nSPS) is 11.4. The summed E-state index contributed by atoms with van der Waals surface area (Å²) in [5.41, 5.74) is 0.835. The van der Waals surface area contributed by atoms with Gasteiger partial charge in [0.25, 0.3) is 10.1 Å². The van der Waals surface area contributed by atoms with Crippen LogP contribution < -0.4 is 74.4 Å². The van der Waals surface area contributed by atoms with Gasteiger partial charge >= 0.3 is 59.1 Å². The van der Waals surface area contributed by atoms with Crippen molar-refractivity contribution < 1.29 is 90.2 Å². The molecule has 2 N–H and O–H groups in total. The molecule has 37 heavy (non-hydrogen) atoms. The van der Waals surface area contributed by atoms with E-state index >= 15 is 0 Å². The fraction of sp³-hybridized carbons (Fsp3) is 0.0500. The average Bonchev–Trinajstić information content (AvgIpc) is 2.77. The molecular formula is C20H14ClN5Na2O7S2. The third-order valence-electron chi connectivity index (χ3n) is 4.85. The van der Waals surface area contributed by atoms with E-state index in [4.69, 9.17) is 11.6 Å². The van der Waals surface area contributed by atoms with Crippen molar-refractivity contribution in [2.45, 2.75) is 9.79 Å². The molecule has 0 saturated heterocycles. The Balaban J connectivity index is 0.00000241. The Morgan fingerprint density at radius 2 is 1.57 bits per heavy atom. The molecule has 0 fully saturated rings. The number of anilines is 4. The van der Waals surface area contributed by atoms with E-state index in [0.29, 0.717) is 11.4 Å². The fourth-order valence-corrected chi connectivity index (χ4v) is 4.31. The van der Waals surface area contributed by atoms with Gasteiger partial charge in [-0.3, -0.25) is 4.55 Å². The third-order valence-corrected chi connectivity index (χ3v) is 6.70. The second-order valence-electron chi connectivity index (χ2n) is 7.19. The predicted molar refractivity (Wildman–Crippen MR) is 124 cm³/mol. The molecule has 1 heterocycles. The summed E-state index contributed by atoms with van der Waals surface area (Å²) < 4.78 is 65.5. The molecule has 12 nitrogen and oxygen atoms in total. The first-order valence-corrected chi connectivity index (χ1v) is 12.7. The molecule has 0 radical (unpaired) electrons. The third kappa shape index (κ3) is 7.52. The minimum Gasteiger partial charge on any atom is -0.872 e. The number of aromatic nitrogens is 3. The number of fused-ring (bicyclic) bond motifs is 1. The van der Waals surface area contributed by atoms with E-state index < -0.39 is 35.8 Å². The van der Waals surface area contributed by atoms with Gasteiger partial charge in [0.15, 0.2) is 0 Å². The molecule has 0 aliphatic carbocycles. The molecule has 17 heteroatoms. The second-order valence-corrected chi connectivity index (χ2v) is 10.3. The number of hydrogen-bond acceptors (Lipinski definition) is 11. The summed E-state index contributed by atoms with van der Waals surface area (Å²) in [5, 5.41) is 15.4. The van der Waals surface area contributed by atoms with E-state index in [9.17, 15) is 31.0 Å². The van der Waals surface area contributed by atoms with Crippen LogP contribution in [0.15, 0.2) is 64.4 Å². The summed E-state index contributed by atoms with van der Waals surface area (Å²) in [6.07, 6.45) is 0. The Hall–Kier alpha value is -1.56. The summed E-state index contributed by atoms with van der Waals surface area (Å²) in [6.45, 7) is 0. The largest absolute Gasteiger partial charge is 1.00 e. The first kappa shape index (κ1) is 31.7. The maximum atomic E-state index is 12.2. The van der Waals surface area contributed by atoms with Gasteiger partial charge in [0.1, 0.15) is 10.1 Å². The van der Waals surface area contributed by atoms with Crippen LogP contribution in [0.2, 0.25) is 5.28 Å². The van der Waals surface area contributed by atoms with E-state index in [2.05, 4.69) is 20.3 Å². The van der Waals surface area contributed by atoms with Gasteiger partial charge in [0, 0.05) is 18.4 Å². The van der Waals surface area contributed by atoms with Crippen LogP contribution in [0, 0.1) is 0 Å². The standard InChI is InChI=1S/C20H16ClN5O7S2.2Na/c1-26(13-4-7-16-11(8-13)9-15(10-17(16)27)35(31,32)33)20-24-18(21)23-19(25-20)22-12-2-5-14(6-3-12)34(28,29)30;;/h2-10,27H,1H3,(H,28,29,30)(H,31,32,33)(H,22,23,24,25);;/q;2*+1/p-2. The van der Waals surface area contributed by atoms with Crippen LogP contribution in [0.1, 0.15) is 0 Å². The molecule has 0 aliphatic rings. The molecular weight excluding hydrogens is 568 g/mol. The van der Waals surface area contributed by atoms with E-state index in [1.165, 1.54) is 35.2 Å². The number of rotatable bonds is 6. The molecule has 0 bridgehead atoms. The van der Waals surface area contributed by atoms with Gasteiger partial charge in [0.05, 0.1) is 9.79 Å². The summed E-state index contributed by atoms with van der Waals surface area (Å²) >= 11 is 6.03. The van der Waals surface area contributed by atoms with Crippen molar-refractivity contribution >= 4 is 65.9 Å². The molecule has 4 aromatic rings. The number of hydrogen-bond donors (Lipinski definition) is 2. The van der Waals surface area contributed by atoms with Gasteiger partial charge in [-0.1, -0.05) is 11.8 Å². The van der Waals surface area contributed by atoms with Crippen LogP contribution in [-0.2, 0) is 20.2 Å². The zero-order valence-corrected chi connectivity index (χ0v) is 26.0. The van der Waals surface area contributed by atoms with Crippen molar-refractivity contribution in [3.8, 4) is 5.75 Å². The first-order valence-electron chi connectivity index (χ1n) is 9.52. The van der Waals surface area contributed by atoms with E-state index in [1.807, 2.05) is 0 Å². The van der Waals surface area contributed by atoms with Crippen molar-refractivity contribution in [3.63, 3.8) is 0 Å². The summed E-state index contributed by atoms with van der Waals surface area (Å²) in [7, 11) is -7.58. The molecule has 0 atom stereocenters. The van der Waals surface area contributed by atoms with Gasteiger partial charge < -0.3 is 19.9 Å². The summed E-state index contributed by atoms with van der Waals surface area (Å²) in [5.74, 6) is -0.477. The monoisotopic (exact) mass is 581 g/mol. The van der Waals surface area contributed by atoms with Crippen LogP contribution in [-0.4, -0.2) is 47.9 Å². The van der Waals surface area contributed by atoms with Gasteiger partial charge in [-0.05, 0) is 70.9 Å². The van der Waals surface area contributed by atoms with Crippen molar-refractivity contribution in [1.82, 2.24) is 15.0 Å². The molecule has 1 aromatic heterocycles. The molecule has 0 amide bonds. The maximum absolute atomic E-state index is 12.2. The first-order chi connectivity index (χ1) is 16.3. The van der Waals surface area contributed by atoms with Crippen molar-refractivity contribution in [2.75, 3.05) is 17.3 Å². The minimum absolute atomic E-state index is 0. The van der Waals surface area contributed by atoms with Crippen LogP contribution >= 0.6 is 11.6 Å². The number of nitrogens with zero attached hydrogens (tertiary/aromatic N) is 4. The van der Waals surface area contributed by atoms with Crippen LogP contribution in [0.5, 0.6) is 5.75 Å². The zero-order valence-electron chi connectivity index (χ0n) is 19.6. The Morgan fingerprint density at radius 1 is 0.919 bits per heavy atom. The van der Waals surface area contributed by atoms with Crippen LogP contribution in [0.25, 0.3) is 10.8 Å². The number of benzene rings is 3. The SMILES string of the molecule is CN(c1ccc2c([O-])cc(S(=O)(=O)O)cc2c1)c1nc(Cl)nc(Nc2ccc(S(=O)(=O)[O-])cc2)n1.[Na+].[Na+]. The molecule has 0 unspecified atom stereocenters. The second kappa shape index (κ2) is 12.1. The quantitative estimate of drug-likeness (QED) is 0.168. The molecule has 0 spiro atoms. The Labute approximate surface area is 261 Å². The van der Waals surface area contributed by atoms with Crippen LogP contribution in [0.3, 0.4) is 0 Å². The topological polar surface area (TPSA) is 189 Å². The van der Waals surface area contributed by atoms with Gasteiger partial charge in [0.2, 0.25) is 17.2 Å². The summed E-state index contributed by atoms with van der Waals surface area (Å²) in [4.78, 5) is 12.9. The van der Waals surface area contributed by atoms with E-state index in [0.717, 1.165) is 18.2 Å². The van der Waals surface area contributed by atoms with Crippen molar-refractivity contribution in [3.05, 3.63) is 59.9 Å². The molecule has 0 saturated carbocycles. The Kier molecular flexibility index (Phi) is 10.3. The Morgan fingerprint density at radius 3 is 2.16 bits per heavy atom. The molecule has 3 aromatic carbocycles. The molecule has 4 rings (SSSR count).